The fraction of sp³-hybridized carbons (Fsp3) is 0.250. The van der Waals surface area contributed by atoms with Gasteiger partial charge in [-0.15, -0.1) is 0 Å². The molecule has 116 valence electrons. The van der Waals surface area contributed by atoms with Crippen LogP contribution in [0.1, 0.15) is 12.8 Å². The van der Waals surface area contributed by atoms with E-state index in [0.29, 0.717) is 34.8 Å². The number of aromatic nitrogens is 2. The normalized spacial score (nSPS) is 14.3. The third-order valence-corrected chi connectivity index (χ3v) is 4.07. The standard InChI is InChI=1S/C16H13N3O4/c20-16-17-15(14-2-1-7-23-14)12-8-11(19(21)22)5-6-13(12)18(16)9-10-3-4-10/h1-2,5-8,10H,3-4,9H2. The van der Waals surface area contributed by atoms with Crippen LogP contribution in [0.2, 0.25) is 0 Å². The van der Waals surface area contributed by atoms with Gasteiger partial charge in [-0.05, 0) is 37.0 Å². The summed E-state index contributed by atoms with van der Waals surface area (Å²) in [4.78, 5) is 27.1. The van der Waals surface area contributed by atoms with Crippen LogP contribution in [-0.2, 0) is 6.54 Å². The van der Waals surface area contributed by atoms with Gasteiger partial charge in [-0.2, -0.15) is 4.98 Å². The summed E-state index contributed by atoms with van der Waals surface area (Å²) in [5, 5.41) is 11.6. The Labute approximate surface area is 130 Å². The molecule has 0 radical (unpaired) electrons. The van der Waals surface area contributed by atoms with Crippen molar-refractivity contribution in [2.45, 2.75) is 19.4 Å². The maximum absolute atomic E-state index is 12.4. The van der Waals surface area contributed by atoms with Crippen molar-refractivity contribution in [1.82, 2.24) is 9.55 Å². The summed E-state index contributed by atoms with van der Waals surface area (Å²) < 4.78 is 6.94. The number of fused-ring (bicyclic) bond motifs is 1. The molecule has 0 N–H and O–H groups in total. The van der Waals surface area contributed by atoms with E-state index in [1.165, 1.54) is 18.4 Å². The van der Waals surface area contributed by atoms with E-state index in [9.17, 15) is 14.9 Å². The summed E-state index contributed by atoms with van der Waals surface area (Å²) in [6, 6.07) is 7.85. The van der Waals surface area contributed by atoms with Crippen LogP contribution in [0.15, 0.2) is 45.8 Å². The molecule has 1 aromatic carbocycles. The molecule has 4 rings (SSSR count). The zero-order valence-corrected chi connectivity index (χ0v) is 12.1. The zero-order valence-electron chi connectivity index (χ0n) is 12.1. The highest BCUT2D eigenvalue weighted by atomic mass is 16.6. The first-order valence-corrected chi connectivity index (χ1v) is 7.36. The molecule has 3 aromatic rings. The Morgan fingerprint density at radius 2 is 2.17 bits per heavy atom. The molecule has 0 amide bonds. The number of non-ortho nitro benzene ring substituents is 1. The third-order valence-electron chi connectivity index (χ3n) is 4.07. The van der Waals surface area contributed by atoms with Crippen molar-refractivity contribution in [2.75, 3.05) is 0 Å². The first-order valence-electron chi connectivity index (χ1n) is 7.36. The second-order valence-electron chi connectivity index (χ2n) is 5.73. The molecule has 0 aliphatic heterocycles. The van der Waals surface area contributed by atoms with E-state index in [4.69, 9.17) is 4.42 Å². The molecule has 7 heteroatoms. The molecule has 1 aliphatic carbocycles. The third kappa shape index (κ3) is 2.40. The summed E-state index contributed by atoms with van der Waals surface area (Å²) in [5.41, 5.74) is 0.591. The maximum Gasteiger partial charge on any atom is 0.348 e. The first-order chi connectivity index (χ1) is 11.1. The number of nitro groups is 1. The van der Waals surface area contributed by atoms with Gasteiger partial charge in [0.15, 0.2) is 5.76 Å². The molecule has 0 atom stereocenters. The molecule has 2 aromatic heterocycles. The Morgan fingerprint density at radius 3 is 2.83 bits per heavy atom. The Hall–Kier alpha value is -2.96. The van der Waals surface area contributed by atoms with Crippen LogP contribution in [0.3, 0.4) is 0 Å². The first kappa shape index (κ1) is 13.7. The highest BCUT2D eigenvalue weighted by molar-refractivity contribution is 5.92. The van der Waals surface area contributed by atoms with Gasteiger partial charge in [0.2, 0.25) is 0 Å². The Bertz CT molecular complexity index is 955. The summed E-state index contributed by atoms with van der Waals surface area (Å²) in [6.45, 7) is 0.596. The van der Waals surface area contributed by atoms with Crippen molar-refractivity contribution in [3.63, 3.8) is 0 Å². The predicted octanol–water partition coefficient (Wildman–Crippen LogP) is 2.97. The second-order valence-corrected chi connectivity index (χ2v) is 5.73. The van der Waals surface area contributed by atoms with Crippen molar-refractivity contribution in [2.24, 2.45) is 5.92 Å². The topological polar surface area (TPSA) is 91.2 Å². The molecular formula is C16H13N3O4. The maximum atomic E-state index is 12.4. The molecule has 0 spiro atoms. The minimum absolute atomic E-state index is 0.0382. The lowest BCUT2D eigenvalue weighted by Crippen LogP contribution is -2.24. The smallest absolute Gasteiger partial charge is 0.348 e. The van der Waals surface area contributed by atoms with Crippen molar-refractivity contribution in [1.29, 1.82) is 0 Å². The average Bonchev–Trinajstić information content (AvgIpc) is 3.19. The van der Waals surface area contributed by atoms with Crippen LogP contribution in [0.5, 0.6) is 0 Å². The largest absolute Gasteiger partial charge is 0.463 e. The second kappa shape index (κ2) is 5.05. The van der Waals surface area contributed by atoms with Crippen molar-refractivity contribution < 1.29 is 9.34 Å². The fourth-order valence-electron chi connectivity index (χ4n) is 2.72. The minimum atomic E-state index is -0.457. The number of hydrogen-bond acceptors (Lipinski definition) is 5. The van der Waals surface area contributed by atoms with E-state index in [-0.39, 0.29) is 11.4 Å². The summed E-state index contributed by atoms with van der Waals surface area (Å²) in [7, 11) is 0. The molecule has 2 heterocycles. The molecule has 1 saturated carbocycles. The van der Waals surface area contributed by atoms with Gasteiger partial charge in [-0.1, -0.05) is 0 Å². The molecule has 1 fully saturated rings. The highest BCUT2D eigenvalue weighted by Crippen LogP contribution is 2.33. The van der Waals surface area contributed by atoms with Crippen molar-refractivity contribution in [3.8, 4) is 11.5 Å². The highest BCUT2D eigenvalue weighted by Gasteiger charge is 2.25. The van der Waals surface area contributed by atoms with Gasteiger partial charge in [-0.25, -0.2) is 4.79 Å². The van der Waals surface area contributed by atoms with E-state index >= 15 is 0 Å². The van der Waals surface area contributed by atoms with Gasteiger partial charge in [0.25, 0.3) is 5.69 Å². The van der Waals surface area contributed by atoms with E-state index < -0.39 is 4.92 Å². The lowest BCUT2D eigenvalue weighted by Gasteiger charge is -2.11. The van der Waals surface area contributed by atoms with Crippen molar-refractivity contribution in [3.05, 3.63) is 57.2 Å². The summed E-state index contributed by atoms with van der Waals surface area (Å²) in [6.07, 6.45) is 3.68. The molecule has 0 bridgehead atoms. The fourth-order valence-corrected chi connectivity index (χ4v) is 2.72. The average molecular weight is 311 g/mol. The van der Waals surface area contributed by atoms with E-state index in [0.717, 1.165) is 12.8 Å². The number of nitro benzene ring substituents is 1. The molecule has 1 aliphatic rings. The predicted molar refractivity (Wildman–Crippen MR) is 83.1 cm³/mol. The molecule has 7 nitrogen and oxygen atoms in total. The van der Waals surface area contributed by atoms with E-state index in [2.05, 4.69) is 4.98 Å². The summed E-state index contributed by atoms with van der Waals surface area (Å²) in [5.74, 6) is 0.911. The Kier molecular flexibility index (Phi) is 3.00. The quantitative estimate of drug-likeness (QED) is 0.545. The van der Waals surface area contributed by atoms with E-state index in [1.54, 1.807) is 22.8 Å². The number of hydrogen-bond donors (Lipinski definition) is 0. The van der Waals surface area contributed by atoms with Gasteiger partial charge in [0.05, 0.1) is 16.7 Å². The van der Waals surface area contributed by atoms with Crippen LogP contribution in [0.25, 0.3) is 22.4 Å². The van der Waals surface area contributed by atoms with Crippen LogP contribution in [0.4, 0.5) is 5.69 Å². The van der Waals surface area contributed by atoms with E-state index in [1.807, 2.05) is 0 Å². The Morgan fingerprint density at radius 1 is 1.35 bits per heavy atom. The van der Waals surface area contributed by atoms with Gasteiger partial charge < -0.3 is 4.42 Å². The van der Waals surface area contributed by atoms with Gasteiger partial charge in [0, 0.05) is 24.1 Å². The lowest BCUT2D eigenvalue weighted by atomic mass is 10.1. The lowest BCUT2D eigenvalue weighted by molar-refractivity contribution is -0.384. The van der Waals surface area contributed by atoms with Crippen LogP contribution in [0, 0.1) is 16.0 Å². The summed E-state index contributed by atoms with van der Waals surface area (Å²) >= 11 is 0. The van der Waals surface area contributed by atoms with Crippen LogP contribution >= 0.6 is 0 Å². The molecule has 0 saturated heterocycles. The van der Waals surface area contributed by atoms with Crippen LogP contribution in [-0.4, -0.2) is 14.5 Å². The molecular weight excluding hydrogens is 298 g/mol. The number of nitrogens with zero attached hydrogens (tertiary/aromatic N) is 3. The van der Waals surface area contributed by atoms with Crippen molar-refractivity contribution >= 4 is 16.6 Å². The number of rotatable bonds is 4. The monoisotopic (exact) mass is 311 g/mol. The van der Waals surface area contributed by atoms with Gasteiger partial charge in [-0.3, -0.25) is 14.7 Å². The number of benzene rings is 1. The van der Waals surface area contributed by atoms with Crippen LogP contribution < -0.4 is 5.69 Å². The molecule has 0 unspecified atom stereocenters. The van der Waals surface area contributed by atoms with Gasteiger partial charge >= 0.3 is 5.69 Å². The number of furan rings is 1. The Balaban J connectivity index is 2.02. The minimum Gasteiger partial charge on any atom is -0.463 e. The molecule has 23 heavy (non-hydrogen) atoms. The zero-order chi connectivity index (χ0) is 16.0. The van der Waals surface area contributed by atoms with Gasteiger partial charge in [0.1, 0.15) is 5.69 Å². The SMILES string of the molecule is O=c1nc(-c2ccco2)c2cc([N+](=O)[O-])ccc2n1CC1CC1.